The zero-order chi connectivity index (χ0) is 24.0. The summed E-state index contributed by atoms with van der Waals surface area (Å²) in [6.45, 7) is 8.22. The van der Waals surface area contributed by atoms with E-state index in [0.717, 1.165) is 77.2 Å². The number of benzene rings is 1. The summed E-state index contributed by atoms with van der Waals surface area (Å²) in [4.78, 5) is 32.9. The van der Waals surface area contributed by atoms with Crippen LogP contribution in [0.4, 0.5) is 0 Å². The lowest BCUT2D eigenvalue weighted by Crippen LogP contribution is -2.53. The van der Waals surface area contributed by atoms with Crippen molar-refractivity contribution in [2.24, 2.45) is 11.3 Å². The first-order valence-corrected chi connectivity index (χ1v) is 13.5. The van der Waals surface area contributed by atoms with E-state index in [1.54, 1.807) is 0 Å². The van der Waals surface area contributed by atoms with Gasteiger partial charge < -0.3 is 14.5 Å². The first-order valence-electron chi connectivity index (χ1n) is 13.1. The average molecular weight is 490 g/mol. The number of amides is 2. The molecule has 7 heteroatoms. The highest BCUT2D eigenvalue weighted by Crippen LogP contribution is 2.36. The molecule has 0 N–H and O–H groups in total. The Balaban J connectivity index is 1.44. The summed E-state index contributed by atoms with van der Waals surface area (Å²) in [5.74, 6) is 1.85. The zero-order valence-electron chi connectivity index (χ0n) is 20.6. The highest BCUT2D eigenvalue weighted by Gasteiger charge is 2.41. The number of carbonyl (C=O) groups is 2. The van der Waals surface area contributed by atoms with Crippen molar-refractivity contribution in [2.75, 3.05) is 52.4 Å². The van der Waals surface area contributed by atoms with Crippen molar-refractivity contribution in [2.45, 2.75) is 58.3 Å². The summed E-state index contributed by atoms with van der Waals surface area (Å²) in [5, 5.41) is 0.632. The maximum absolute atomic E-state index is 13.3. The Morgan fingerprint density at radius 1 is 1.00 bits per heavy atom. The third-order valence-corrected chi connectivity index (χ3v) is 8.06. The van der Waals surface area contributed by atoms with Crippen LogP contribution in [0.1, 0.15) is 58.3 Å². The molecule has 3 aliphatic heterocycles. The number of nitrogens with zero attached hydrogens (tertiary/aromatic N) is 3. The van der Waals surface area contributed by atoms with E-state index in [4.69, 9.17) is 16.3 Å². The van der Waals surface area contributed by atoms with Gasteiger partial charge in [-0.25, -0.2) is 0 Å². The van der Waals surface area contributed by atoms with E-state index < -0.39 is 0 Å². The van der Waals surface area contributed by atoms with Crippen molar-refractivity contribution in [3.05, 3.63) is 29.3 Å². The predicted molar refractivity (Wildman–Crippen MR) is 135 cm³/mol. The second-order valence-corrected chi connectivity index (χ2v) is 11.2. The molecule has 3 saturated heterocycles. The molecular weight excluding hydrogens is 450 g/mol. The number of carbonyl (C=O) groups excluding carboxylic acids is 2. The minimum absolute atomic E-state index is 0.187. The van der Waals surface area contributed by atoms with Crippen LogP contribution in [0.15, 0.2) is 24.3 Å². The van der Waals surface area contributed by atoms with Crippen LogP contribution >= 0.6 is 11.6 Å². The van der Waals surface area contributed by atoms with Crippen molar-refractivity contribution >= 4 is 23.4 Å². The van der Waals surface area contributed by atoms with E-state index >= 15 is 0 Å². The van der Waals surface area contributed by atoms with Crippen LogP contribution in [0, 0.1) is 11.3 Å². The molecule has 3 fully saturated rings. The Morgan fingerprint density at radius 3 is 2.47 bits per heavy atom. The van der Waals surface area contributed by atoms with E-state index in [0.29, 0.717) is 36.9 Å². The van der Waals surface area contributed by atoms with Gasteiger partial charge in [-0.15, -0.1) is 0 Å². The van der Waals surface area contributed by atoms with Crippen molar-refractivity contribution in [1.29, 1.82) is 0 Å². The molecule has 1 atom stereocenters. The maximum atomic E-state index is 13.3. The van der Waals surface area contributed by atoms with Crippen LogP contribution in [0.2, 0.25) is 5.02 Å². The Hall–Kier alpha value is -1.79. The summed E-state index contributed by atoms with van der Waals surface area (Å²) in [6.07, 6.45) is 7.90. The van der Waals surface area contributed by atoms with Crippen molar-refractivity contribution < 1.29 is 14.3 Å². The Bertz CT molecular complexity index is 836. The first-order chi connectivity index (χ1) is 16.4. The van der Waals surface area contributed by atoms with Gasteiger partial charge in [0.2, 0.25) is 11.8 Å². The average Bonchev–Trinajstić information content (AvgIpc) is 2.85. The topological polar surface area (TPSA) is 53.1 Å². The lowest BCUT2D eigenvalue weighted by molar-refractivity contribution is -0.142. The van der Waals surface area contributed by atoms with Gasteiger partial charge in [0.25, 0.3) is 0 Å². The number of ether oxygens (including phenoxy) is 1. The Kier molecular flexibility index (Phi) is 8.75. The van der Waals surface area contributed by atoms with E-state index in [-0.39, 0.29) is 17.2 Å². The molecule has 0 spiro atoms. The molecule has 34 heavy (non-hydrogen) atoms. The van der Waals surface area contributed by atoms with Gasteiger partial charge in [-0.3, -0.25) is 14.5 Å². The molecule has 0 aliphatic carbocycles. The molecule has 0 unspecified atom stereocenters. The molecule has 2 amide bonds. The fourth-order valence-electron chi connectivity index (χ4n) is 5.61. The lowest BCUT2D eigenvalue weighted by Gasteiger charge is -2.44. The van der Waals surface area contributed by atoms with Crippen molar-refractivity contribution in [3.63, 3.8) is 0 Å². The van der Waals surface area contributed by atoms with Crippen LogP contribution < -0.4 is 4.74 Å². The molecule has 1 aromatic rings. The largest absolute Gasteiger partial charge is 0.493 e. The SMILES string of the molecule is CC1CCN(CC(=O)N2CCC[C@@](COc3cccc(Cl)c3)(CC(=O)N3CCCCC3)C2)CC1. The van der Waals surface area contributed by atoms with E-state index in [1.807, 2.05) is 34.1 Å². The lowest BCUT2D eigenvalue weighted by atomic mass is 9.77. The molecule has 4 rings (SSSR count). The summed E-state index contributed by atoms with van der Waals surface area (Å²) in [5.41, 5.74) is -0.374. The van der Waals surface area contributed by atoms with Crippen LogP contribution in [-0.2, 0) is 9.59 Å². The number of piperidine rings is 3. The highest BCUT2D eigenvalue weighted by molar-refractivity contribution is 6.30. The zero-order valence-corrected chi connectivity index (χ0v) is 21.4. The van der Waals surface area contributed by atoms with Crippen molar-refractivity contribution in [1.82, 2.24) is 14.7 Å². The maximum Gasteiger partial charge on any atom is 0.236 e. The normalized spacial score (nSPS) is 24.8. The smallest absolute Gasteiger partial charge is 0.236 e. The second kappa shape index (κ2) is 11.8. The fourth-order valence-corrected chi connectivity index (χ4v) is 5.79. The molecule has 3 aliphatic rings. The van der Waals surface area contributed by atoms with Crippen molar-refractivity contribution in [3.8, 4) is 5.75 Å². The third kappa shape index (κ3) is 6.88. The van der Waals surface area contributed by atoms with Gasteiger partial charge >= 0.3 is 0 Å². The number of rotatable bonds is 7. The standard InChI is InChI=1S/C27H40ClN3O3/c1-22-9-15-29(16-10-22)19-26(33)31-14-6-11-27(20-31,18-25(32)30-12-3-2-4-13-30)21-34-24-8-5-7-23(28)17-24/h5,7-8,17,22H,2-4,6,9-16,18-21H2,1H3/t27-/m1/s1. The molecule has 0 radical (unpaired) electrons. The highest BCUT2D eigenvalue weighted by atomic mass is 35.5. The van der Waals surface area contributed by atoms with Crippen LogP contribution in [0.3, 0.4) is 0 Å². The number of hydrogen-bond acceptors (Lipinski definition) is 4. The van der Waals surface area contributed by atoms with Crippen LogP contribution in [0.25, 0.3) is 0 Å². The summed E-state index contributed by atoms with van der Waals surface area (Å²) in [7, 11) is 0. The number of likely N-dealkylation sites (tertiary alicyclic amines) is 3. The molecule has 188 valence electrons. The molecule has 1 aromatic carbocycles. The molecular formula is C27H40ClN3O3. The Morgan fingerprint density at radius 2 is 1.74 bits per heavy atom. The van der Waals surface area contributed by atoms with Gasteiger partial charge in [0.05, 0.1) is 13.2 Å². The van der Waals surface area contributed by atoms with Gasteiger partial charge in [-0.1, -0.05) is 24.6 Å². The summed E-state index contributed by atoms with van der Waals surface area (Å²) >= 11 is 6.15. The number of halogens is 1. The van der Waals surface area contributed by atoms with E-state index in [1.165, 1.54) is 6.42 Å². The second-order valence-electron chi connectivity index (χ2n) is 10.7. The number of hydrogen-bond donors (Lipinski definition) is 0. The fraction of sp³-hybridized carbons (Fsp3) is 0.704. The quantitative estimate of drug-likeness (QED) is 0.567. The minimum atomic E-state index is -0.374. The minimum Gasteiger partial charge on any atom is -0.493 e. The molecule has 3 heterocycles. The van der Waals surface area contributed by atoms with Gasteiger partial charge in [0, 0.05) is 43.0 Å². The van der Waals surface area contributed by atoms with Crippen LogP contribution in [-0.4, -0.2) is 78.9 Å². The van der Waals surface area contributed by atoms with Gasteiger partial charge in [-0.2, -0.15) is 0 Å². The molecule has 0 aromatic heterocycles. The molecule has 0 saturated carbocycles. The monoisotopic (exact) mass is 489 g/mol. The van der Waals surface area contributed by atoms with E-state index in [9.17, 15) is 9.59 Å². The summed E-state index contributed by atoms with van der Waals surface area (Å²) < 4.78 is 6.20. The van der Waals surface area contributed by atoms with Gasteiger partial charge in [0.1, 0.15) is 5.75 Å². The molecule has 6 nitrogen and oxygen atoms in total. The predicted octanol–water partition coefficient (Wildman–Crippen LogP) is 4.46. The summed E-state index contributed by atoms with van der Waals surface area (Å²) in [6, 6.07) is 7.41. The first kappa shape index (κ1) is 25.3. The third-order valence-electron chi connectivity index (χ3n) is 7.83. The van der Waals surface area contributed by atoms with Gasteiger partial charge in [-0.05, 0) is 82.2 Å². The van der Waals surface area contributed by atoms with Gasteiger partial charge in [0.15, 0.2) is 0 Å². The van der Waals surface area contributed by atoms with E-state index in [2.05, 4.69) is 11.8 Å². The van der Waals surface area contributed by atoms with Crippen LogP contribution in [0.5, 0.6) is 5.75 Å². The molecule has 0 bridgehead atoms. The Labute approximate surface area is 209 Å².